The first-order valence-corrected chi connectivity index (χ1v) is 8.64. The van der Waals surface area contributed by atoms with E-state index in [9.17, 15) is 8.42 Å². The quantitative estimate of drug-likeness (QED) is 0.877. The van der Waals surface area contributed by atoms with Gasteiger partial charge in [0.2, 0.25) is 10.0 Å². The van der Waals surface area contributed by atoms with Gasteiger partial charge in [0.1, 0.15) is 0 Å². The summed E-state index contributed by atoms with van der Waals surface area (Å²) in [5, 5.41) is 8.03. The number of nitrogens with one attached hydrogen (secondary N) is 1. The number of benzene rings is 1. The maximum atomic E-state index is 11.3. The Morgan fingerprint density at radius 3 is 2.15 bits per heavy atom. The minimum absolute atomic E-state index is 0.150. The van der Waals surface area contributed by atoms with Crippen LogP contribution in [0.1, 0.15) is 50.8 Å². The smallest absolute Gasteiger partial charge is 0.213 e. The number of sulfonamides is 1. The third kappa shape index (κ3) is 3.59. The SMILES string of the molecule is CC(C)(C)c1ccc(C2CCC(S(N)(=O)=O)CN2)cc1. The minimum atomic E-state index is -3.42. The molecule has 1 aromatic rings. The molecule has 1 heterocycles. The van der Waals surface area contributed by atoms with Crippen LogP contribution in [0.15, 0.2) is 24.3 Å². The van der Waals surface area contributed by atoms with Gasteiger partial charge in [-0.2, -0.15) is 0 Å². The standard InChI is InChI=1S/C15H24N2O2S/c1-15(2,3)12-6-4-11(5-7-12)14-9-8-13(10-17-14)20(16,18)19/h4-7,13-14,17H,8-10H2,1-3H3,(H2,16,18,19). The van der Waals surface area contributed by atoms with E-state index in [4.69, 9.17) is 5.14 Å². The van der Waals surface area contributed by atoms with Crippen molar-refractivity contribution in [3.05, 3.63) is 35.4 Å². The zero-order valence-corrected chi connectivity index (χ0v) is 13.2. The van der Waals surface area contributed by atoms with Gasteiger partial charge in [0.25, 0.3) is 0 Å². The molecule has 1 aromatic carbocycles. The highest BCUT2D eigenvalue weighted by Gasteiger charge is 2.28. The summed E-state index contributed by atoms with van der Waals surface area (Å²) in [6.07, 6.45) is 1.42. The van der Waals surface area contributed by atoms with Gasteiger partial charge in [-0.05, 0) is 29.4 Å². The molecular formula is C15H24N2O2S. The van der Waals surface area contributed by atoms with Crippen LogP contribution in [0.5, 0.6) is 0 Å². The lowest BCUT2D eigenvalue weighted by atomic mass is 9.85. The number of hydrogen-bond acceptors (Lipinski definition) is 3. The van der Waals surface area contributed by atoms with Gasteiger partial charge in [-0.25, -0.2) is 13.6 Å². The Morgan fingerprint density at radius 1 is 1.15 bits per heavy atom. The van der Waals surface area contributed by atoms with Crippen molar-refractivity contribution in [3.8, 4) is 0 Å². The molecule has 1 aliphatic heterocycles. The van der Waals surface area contributed by atoms with E-state index in [2.05, 4.69) is 50.4 Å². The van der Waals surface area contributed by atoms with Crippen molar-refractivity contribution < 1.29 is 8.42 Å². The van der Waals surface area contributed by atoms with Gasteiger partial charge in [0.15, 0.2) is 0 Å². The van der Waals surface area contributed by atoms with E-state index in [1.54, 1.807) is 0 Å². The lowest BCUT2D eigenvalue weighted by Crippen LogP contribution is -2.43. The second-order valence-corrected chi connectivity index (χ2v) is 8.47. The molecule has 0 aromatic heterocycles. The Hall–Kier alpha value is -0.910. The average molecular weight is 296 g/mol. The van der Waals surface area contributed by atoms with Crippen LogP contribution in [-0.2, 0) is 15.4 Å². The van der Waals surface area contributed by atoms with Crippen molar-refractivity contribution in [1.82, 2.24) is 5.32 Å². The summed E-state index contributed by atoms with van der Waals surface area (Å²) in [4.78, 5) is 0. The van der Waals surface area contributed by atoms with E-state index < -0.39 is 15.3 Å². The van der Waals surface area contributed by atoms with Crippen LogP contribution in [0.4, 0.5) is 0 Å². The van der Waals surface area contributed by atoms with E-state index in [0.29, 0.717) is 13.0 Å². The molecule has 1 fully saturated rings. The summed E-state index contributed by atoms with van der Waals surface area (Å²) < 4.78 is 22.6. The molecule has 0 spiro atoms. The molecule has 0 amide bonds. The molecule has 2 unspecified atom stereocenters. The van der Waals surface area contributed by atoms with Crippen molar-refractivity contribution in [1.29, 1.82) is 0 Å². The number of primary sulfonamides is 1. The van der Waals surface area contributed by atoms with Crippen LogP contribution < -0.4 is 10.5 Å². The molecule has 1 saturated heterocycles. The predicted molar refractivity (Wildman–Crippen MR) is 82.0 cm³/mol. The van der Waals surface area contributed by atoms with Crippen LogP contribution in [-0.4, -0.2) is 20.2 Å². The van der Waals surface area contributed by atoms with Gasteiger partial charge < -0.3 is 5.32 Å². The van der Waals surface area contributed by atoms with Gasteiger partial charge in [0.05, 0.1) is 5.25 Å². The third-order valence-corrected chi connectivity index (χ3v) is 5.34. The first kappa shape index (κ1) is 15.5. The van der Waals surface area contributed by atoms with Crippen LogP contribution in [0.3, 0.4) is 0 Å². The molecule has 3 N–H and O–H groups in total. The maximum absolute atomic E-state index is 11.3. The highest BCUT2D eigenvalue weighted by atomic mass is 32.2. The predicted octanol–water partition coefficient (Wildman–Crippen LogP) is 2.07. The molecule has 0 radical (unpaired) electrons. The first-order valence-electron chi connectivity index (χ1n) is 7.03. The van der Waals surface area contributed by atoms with Crippen molar-refractivity contribution in [2.75, 3.05) is 6.54 Å². The lowest BCUT2D eigenvalue weighted by Gasteiger charge is -2.29. The Labute approximate surface area is 121 Å². The van der Waals surface area contributed by atoms with Gasteiger partial charge >= 0.3 is 0 Å². The molecule has 112 valence electrons. The molecule has 0 bridgehead atoms. The summed E-state index contributed by atoms with van der Waals surface area (Å²) in [5.41, 5.74) is 2.67. The summed E-state index contributed by atoms with van der Waals surface area (Å²) in [6.45, 7) is 7.01. The number of piperidine rings is 1. The zero-order chi connectivity index (χ0) is 15.0. The second kappa shape index (κ2) is 5.47. The highest BCUT2D eigenvalue weighted by Crippen LogP contribution is 2.28. The fourth-order valence-electron chi connectivity index (χ4n) is 2.61. The molecule has 2 rings (SSSR count). The van der Waals surface area contributed by atoms with Crippen molar-refractivity contribution in [2.45, 2.75) is 50.3 Å². The molecule has 4 nitrogen and oxygen atoms in total. The van der Waals surface area contributed by atoms with Gasteiger partial charge in [-0.3, -0.25) is 0 Å². The van der Waals surface area contributed by atoms with E-state index in [1.165, 1.54) is 11.1 Å². The molecule has 0 aliphatic carbocycles. The van der Waals surface area contributed by atoms with E-state index >= 15 is 0 Å². The minimum Gasteiger partial charge on any atom is -0.309 e. The van der Waals surface area contributed by atoms with E-state index in [-0.39, 0.29) is 11.5 Å². The molecule has 20 heavy (non-hydrogen) atoms. The average Bonchev–Trinajstić information content (AvgIpc) is 2.37. The zero-order valence-electron chi connectivity index (χ0n) is 12.4. The van der Waals surface area contributed by atoms with Crippen molar-refractivity contribution in [2.24, 2.45) is 5.14 Å². The maximum Gasteiger partial charge on any atom is 0.213 e. The summed E-state index contributed by atoms with van der Waals surface area (Å²) in [5.74, 6) is 0. The molecular weight excluding hydrogens is 272 g/mol. The Morgan fingerprint density at radius 2 is 1.75 bits per heavy atom. The first-order chi connectivity index (χ1) is 9.18. The fourth-order valence-corrected chi connectivity index (χ4v) is 3.40. The summed E-state index contributed by atoms with van der Waals surface area (Å²) >= 11 is 0. The molecule has 5 heteroatoms. The number of hydrogen-bond donors (Lipinski definition) is 2. The van der Waals surface area contributed by atoms with Gasteiger partial charge in [0, 0.05) is 12.6 Å². The van der Waals surface area contributed by atoms with Gasteiger partial charge in [-0.15, -0.1) is 0 Å². The normalized spacial score (nSPS) is 24.6. The third-order valence-electron chi connectivity index (χ3n) is 4.01. The molecule has 1 aliphatic rings. The van der Waals surface area contributed by atoms with E-state index in [0.717, 1.165) is 6.42 Å². The van der Waals surface area contributed by atoms with Crippen LogP contribution >= 0.6 is 0 Å². The van der Waals surface area contributed by atoms with Crippen LogP contribution in [0.2, 0.25) is 0 Å². The fraction of sp³-hybridized carbons (Fsp3) is 0.600. The summed E-state index contributed by atoms with van der Waals surface area (Å²) in [6, 6.07) is 8.80. The second-order valence-electron chi connectivity index (χ2n) is 6.62. The summed E-state index contributed by atoms with van der Waals surface area (Å²) in [7, 11) is -3.42. The van der Waals surface area contributed by atoms with Crippen LogP contribution in [0, 0.1) is 0 Å². The highest BCUT2D eigenvalue weighted by molar-refractivity contribution is 7.89. The monoisotopic (exact) mass is 296 g/mol. The van der Waals surface area contributed by atoms with Crippen molar-refractivity contribution >= 4 is 10.0 Å². The largest absolute Gasteiger partial charge is 0.309 e. The van der Waals surface area contributed by atoms with Crippen molar-refractivity contribution in [3.63, 3.8) is 0 Å². The molecule has 2 atom stereocenters. The molecule has 0 saturated carbocycles. The Bertz CT molecular complexity index is 551. The Balaban J connectivity index is 2.04. The van der Waals surface area contributed by atoms with Gasteiger partial charge in [-0.1, -0.05) is 45.0 Å². The Kier molecular flexibility index (Phi) is 4.23. The number of rotatable bonds is 2. The van der Waals surface area contributed by atoms with Crippen LogP contribution in [0.25, 0.3) is 0 Å². The number of nitrogens with two attached hydrogens (primary N) is 1. The lowest BCUT2D eigenvalue weighted by molar-refractivity contribution is 0.408. The topological polar surface area (TPSA) is 72.2 Å². The van der Waals surface area contributed by atoms with E-state index in [1.807, 2.05) is 0 Å².